The van der Waals surface area contributed by atoms with Crippen LogP contribution in [0.3, 0.4) is 0 Å². The average molecular weight is 424 g/mol. The lowest BCUT2D eigenvalue weighted by Gasteiger charge is -2.11. The SMILES string of the molecule is Cc1nc(Oc2ccc(C(=O)Oc3ccc(Cl)nc3)c(C)c2)cc(C(F)(F)F)n1. The molecule has 0 aliphatic carbocycles. The molecule has 0 aliphatic heterocycles. The van der Waals surface area contributed by atoms with Crippen molar-refractivity contribution < 1.29 is 27.4 Å². The summed E-state index contributed by atoms with van der Waals surface area (Å²) >= 11 is 5.68. The molecule has 2 aromatic heterocycles. The number of carbonyl (C=O) groups excluding carboxylic acids is 1. The zero-order chi connectivity index (χ0) is 21.2. The highest BCUT2D eigenvalue weighted by Crippen LogP contribution is 2.31. The van der Waals surface area contributed by atoms with Crippen LogP contribution in [-0.4, -0.2) is 20.9 Å². The molecule has 0 saturated carbocycles. The lowest BCUT2D eigenvalue weighted by Crippen LogP contribution is -2.11. The highest BCUT2D eigenvalue weighted by atomic mass is 35.5. The Morgan fingerprint density at radius 2 is 1.76 bits per heavy atom. The molecule has 2 heterocycles. The first-order chi connectivity index (χ1) is 13.6. The third-order valence-corrected chi connectivity index (χ3v) is 3.88. The van der Waals surface area contributed by atoms with Gasteiger partial charge in [-0.2, -0.15) is 18.2 Å². The van der Waals surface area contributed by atoms with Crippen LogP contribution in [0, 0.1) is 13.8 Å². The van der Waals surface area contributed by atoms with E-state index in [0.717, 1.165) is 0 Å². The van der Waals surface area contributed by atoms with Crippen molar-refractivity contribution in [3.05, 3.63) is 70.4 Å². The standard InChI is InChI=1S/C19H13ClF3N3O3/c1-10-7-12(28-17-8-15(19(21,22)23)25-11(2)26-17)3-5-14(10)18(27)29-13-4-6-16(20)24-9-13/h3-9H,1-2H3. The van der Waals surface area contributed by atoms with Gasteiger partial charge in [0, 0.05) is 6.07 Å². The quantitative estimate of drug-likeness (QED) is 0.425. The van der Waals surface area contributed by atoms with Crippen LogP contribution in [-0.2, 0) is 6.18 Å². The van der Waals surface area contributed by atoms with E-state index in [2.05, 4.69) is 15.0 Å². The summed E-state index contributed by atoms with van der Waals surface area (Å²) in [7, 11) is 0. The summed E-state index contributed by atoms with van der Waals surface area (Å²) in [4.78, 5) is 23.3. The molecule has 0 amide bonds. The van der Waals surface area contributed by atoms with E-state index in [-0.39, 0.29) is 33.9 Å². The number of hydrogen-bond acceptors (Lipinski definition) is 6. The predicted octanol–water partition coefficient (Wildman–Crippen LogP) is 5.17. The normalized spacial score (nSPS) is 11.2. The number of esters is 1. The molecule has 1 aromatic carbocycles. The van der Waals surface area contributed by atoms with Gasteiger partial charge in [-0.25, -0.2) is 14.8 Å². The zero-order valence-electron chi connectivity index (χ0n) is 15.1. The minimum Gasteiger partial charge on any atom is -0.439 e. The van der Waals surface area contributed by atoms with E-state index in [0.29, 0.717) is 11.6 Å². The maximum atomic E-state index is 12.9. The number of halogens is 4. The molecule has 0 saturated heterocycles. The van der Waals surface area contributed by atoms with Crippen LogP contribution in [0.25, 0.3) is 0 Å². The minimum absolute atomic E-state index is 0.0803. The molecular weight excluding hydrogens is 411 g/mol. The van der Waals surface area contributed by atoms with Crippen molar-refractivity contribution in [2.45, 2.75) is 20.0 Å². The van der Waals surface area contributed by atoms with Gasteiger partial charge in [0.05, 0.1) is 11.8 Å². The maximum absolute atomic E-state index is 12.9. The van der Waals surface area contributed by atoms with Gasteiger partial charge in [0.15, 0.2) is 5.69 Å². The summed E-state index contributed by atoms with van der Waals surface area (Å²) < 4.78 is 49.3. The summed E-state index contributed by atoms with van der Waals surface area (Å²) in [5.74, 6) is -0.542. The van der Waals surface area contributed by atoms with Crippen LogP contribution in [0.2, 0.25) is 5.15 Å². The van der Waals surface area contributed by atoms with Gasteiger partial charge in [0.25, 0.3) is 0 Å². The first-order valence-corrected chi connectivity index (χ1v) is 8.55. The van der Waals surface area contributed by atoms with E-state index >= 15 is 0 Å². The average Bonchev–Trinajstić information content (AvgIpc) is 2.62. The second-order valence-electron chi connectivity index (χ2n) is 5.92. The first-order valence-electron chi connectivity index (χ1n) is 8.17. The van der Waals surface area contributed by atoms with Crippen LogP contribution in [0.15, 0.2) is 42.6 Å². The van der Waals surface area contributed by atoms with Gasteiger partial charge >= 0.3 is 12.1 Å². The van der Waals surface area contributed by atoms with Crippen LogP contribution < -0.4 is 9.47 Å². The van der Waals surface area contributed by atoms with Crippen molar-refractivity contribution in [3.63, 3.8) is 0 Å². The van der Waals surface area contributed by atoms with Crippen molar-refractivity contribution >= 4 is 17.6 Å². The molecule has 0 N–H and O–H groups in total. The summed E-state index contributed by atoms with van der Waals surface area (Å²) in [6.07, 6.45) is -3.31. The highest BCUT2D eigenvalue weighted by molar-refractivity contribution is 6.29. The molecule has 0 atom stereocenters. The zero-order valence-corrected chi connectivity index (χ0v) is 15.9. The fraction of sp³-hybridized carbons (Fsp3) is 0.158. The van der Waals surface area contributed by atoms with Crippen molar-refractivity contribution in [2.24, 2.45) is 0 Å². The molecule has 29 heavy (non-hydrogen) atoms. The number of rotatable bonds is 4. The molecule has 0 fully saturated rings. The molecule has 3 aromatic rings. The fourth-order valence-corrected chi connectivity index (χ4v) is 2.48. The lowest BCUT2D eigenvalue weighted by atomic mass is 10.1. The Balaban J connectivity index is 1.78. The minimum atomic E-state index is -4.62. The Morgan fingerprint density at radius 3 is 2.38 bits per heavy atom. The number of benzene rings is 1. The van der Waals surface area contributed by atoms with Crippen LogP contribution in [0.4, 0.5) is 13.2 Å². The van der Waals surface area contributed by atoms with Crippen LogP contribution in [0.1, 0.15) is 27.4 Å². The van der Waals surface area contributed by atoms with Crippen LogP contribution >= 0.6 is 11.6 Å². The Morgan fingerprint density at radius 1 is 1.03 bits per heavy atom. The summed E-state index contributed by atoms with van der Waals surface area (Å²) in [5.41, 5.74) is -0.355. The van der Waals surface area contributed by atoms with Crippen molar-refractivity contribution in [1.29, 1.82) is 0 Å². The molecule has 0 radical (unpaired) electrons. The van der Waals surface area contributed by atoms with Gasteiger partial charge in [-0.05, 0) is 49.7 Å². The topological polar surface area (TPSA) is 74.2 Å². The third kappa shape index (κ3) is 5.20. The Hall–Kier alpha value is -3.20. The fourth-order valence-electron chi connectivity index (χ4n) is 2.37. The summed E-state index contributed by atoms with van der Waals surface area (Å²) in [6, 6.07) is 8.03. The van der Waals surface area contributed by atoms with Crippen molar-refractivity contribution in [1.82, 2.24) is 15.0 Å². The number of carbonyl (C=O) groups is 1. The van der Waals surface area contributed by atoms with Gasteiger partial charge in [0.2, 0.25) is 5.88 Å². The molecule has 10 heteroatoms. The van der Waals surface area contributed by atoms with Gasteiger partial charge in [0.1, 0.15) is 22.5 Å². The van der Waals surface area contributed by atoms with E-state index in [1.54, 1.807) is 6.92 Å². The summed E-state index contributed by atoms with van der Waals surface area (Å²) in [6.45, 7) is 2.97. The number of nitrogens with zero attached hydrogens (tertiary/aromatic N) is 3. The molecule has 0 spiro atoms. The Labute approximate surface area is 168 Å². The molecule has 3 rings (SSSR count). The van der Waals surface area contributed by atoms with E-state index < -0.39 is 17.8 Å². The highest BCUT2D eigenvalue weighted by Gasteiger charge is 2.33. The van der Waals surface area contributed by atoms with Crippen molar-refractivity contribution in [3.8, 4) is 17.4 Å². The smallest absolute Gasteiger partial charge is 0.433 e. The largest absolute Gasteiger partial charge is 0.439 e. The molecule has 150 valence electrons. The third-order valence-electron chi connectivity index (χ3n) is 3.66. The number of pyridine rings is 1. The first kappa shape index (κ1) is 20.5. The molecule has 0 aliphatic rings. The van der Waals surface area contributed by atoms with E-state index in [4.69, 9.17) is 21.1 Å². The molecule has 0 bridgehead atoms. The number of aromatic nitrogens is 3. The van der Waals surface area contributed by atoms with Gasteiger partial charge in [-0.1, -0.05) is 11.6 Å². The van der Waals surface area contributed by atoms with Gasteiger partial charge in [-0.15, -0.1) is 0 Å². The van der Waals surface area contributed by atoms with Gasteiger partial charge < -0.3 is 9.47 Å². The molecular formula is C19H13ClF3N3O3. The second-order valence-corrected chi connectivity index (χ2v) is 6.31. The van der Waals surface area contributed by atoms with E-state index in [1.807, 2.05) is 0 Å². The number of hydrogen-bond donors (Lipinski definition) is 0. The Kier molecular flexibility index (Phi) is 5.69. The van der Waals surface area contributed by atoms with E-state index in [9.17, 15) is 18.0 Å². The monoisotopic (exact) mass is 423 g/mol. The number of aryl methyl sites for hydroxylation is 2. The maximum Gasteiger partial charge on any atom is 0.433 e. The van der Waals surface area contributed by atoms with Gasteiger partial charge in [-0.3, -0.25) is 0 Å². The van der Waals surface area contributed by atoms with Crippen molar-refractivity contribution in [2.75, 3.05) is 0 Å². The second kappa shape index (κ2) is 8.04. The Bertz CT molecular complexity index is 1060. The summed E-state index contributed by atoms with van der Waals surface area (Å²) in [5, 5.41) is 0.260. The number of ether oxygens (including phenoxy) is 2. The van der Waals surface area contributed by atoms with Crippen LogP contribution in [0.5, 0.6) is 17.4 Å². The predicted molar refractivity (Wildman–Crippen MR) is 97.2 cm³/mol. The number of alkyl halides is 3. The van der Waals surface area contributed by atoms with E-state index in [1.165, 1.54) is 43.5 Å². The lowest BCUT2D eigenvalue weighted by molar-refractivity contribution is -0.141. The molecule has 0 unspecified atom stereocenters. The molecule has 6 nitrogen and oxygen atoms in total.